The van der Waals surface area contributed by atoms with Crippen molar-refractivity contribution in [2.75, 3.05) is 13.1 Å². The number of amides is 1. The van der Waals surface area contributed by atoms with E-state index in [-0.39, 0.29) is 5.41 Å². The second kappa shape index (κ2) is 5.13. The summed E-state index contributed by atoms with van der Waals surface area (Å²) in [6.07, 6.45) is 1.99. The van der Waals surface area contributed by atoms with Crippen molar-refractivity contribution in [3.8, 4) is 0 Å². The minimum atomic E-state index is -0.217. The van der Waals surface area contributed by atoms with Gasteiger partial charge in [0.25, 0.3) is 0 Å². The maximum absolute atomic E-state index is 12.4. The SMILES string of the molecule is CCC(C)(C)C(=O)N1CCC(c2ccccc2)C1. The van der Waals surface area contributed by atoms with Crippen LogP contribution in [-0.2, 0) is 4.79 Å². The minimum absolute atomic E-state index is 0.217. The van der Waals surface area contributed by atoms with E-state index in [1.54, 1.807) is 0 Å². The van der Waals surface area contributed by atoms with Gasteiger partial charge in [0.15, 0.2) is 0 Å². The molecule has 1 amide bonds. The zero-order chi connectivity index (χ0) is 13.2. The van der Waals surface area contributed by atoms with Gasteiger partial charge in [-0.05, 0) is 18.4 Å². The lowest BCUT2D eigenvalue weighted by Crippen LogP contribution is -2.39. The molecule has 2 rings (SSSR count). The van der Waals surface area contributed by atoms with Crippen molar-refractivity contribution in [1.82, 2.24) is 4.90 Å². The van der Waals surface area contributed by atoms with Crippen LogP contribution in [0.4, 0.5) is 0 Å². The summed E-state index contributed by atoms with van der Waals surface area (Å²) in [6.45, 7) is 7.97. The summed E-state index contributed by atoms with van der Waals surface area (Å²) in [6, 6.07) is 10.5. The molecule has 0 spiro atoms. The van der Waals surface area contributed by atoms with Crippen LogP contribution < -0.4 is 0 Å². The average molecular weight is 245 g/mol. The van der Waals surface area contributed by atoms with Gasteiger partial charge < -0.3 is 4.90 Å². The Kier molecular flexibility index (Phi) is 3.74. The van der Waals surface area contributed by atoms with Crippen LogP contribution in [-0.4, -0.2) is 23.9 Å². The van der Waals surface area contributed by atoms with Crippen molar-refractivity contribution in [3.63, 3.8) is 0 Å². The topological polar surface area (TPSA) is 20.3 Å². The van der Waals surface area contributed by atoms with E-state index in [4.69, 9.17) is 0 Å². The molecule has 1 aliphatic rings. The zero-order valence-electron chi connectivity index (χ0n) is 11.6. The molecule has 1 atom stereocenters. The third kappa shape index (κ3) is 2.58. The highest BCUT2D eigenvalue weighted by atomic mass is 16.2. The molecule has 98 valence electrons. The lowest BCUT2D eigenvalue weighted by atomic mass is 9.88. The lowest BCUT2D eigenvalue weighted by Gasteiger charge is -2.28. The molecule has 1 aliphatic heterocycles. The molecule has 1 aromatic rings. The van der Waals surface area contributed by atoms with Crippen LogP contribution in [0.3, 0.4) is 0 Å². The van der Waals surface area contributed by atoms with Gasteiger partial charge in [-0.25, -0.2) is 0 Å². The predicted octanol–water partition coefficient (Wildman–Crippen LogP) is 3.44. The zero-order valence-corrected chi connectivity index (χ0v) is 11.6. The average Bonchev–Trinajstić information content (AvgIpc) is 2.88. The molecular formula is C16H23NO. The van der Waals surface area contributed by atoms with Crippen LogP contribution in [0.1, 0.15) is 45.1 Å². The number of nitrogens with zero attached hydrogens (tertiary/aromatic N) is 1. The molecule has 0 aromatic heterocycles. The molecule has 2 nitrogen and oxygen atoms in total. The van der Waals surface area contributed by atoms with Gasteiger partial charge in [-0.3, -0.25) is 4.79 Å². The van der Waals surface area contributed by atoms with Gasteiger partial charge in [-0.15, -0.1) is 0 Å². The maximum atomic E-state index is 12.4. The molecule has 18 heavy (non-hydrogen) atoms. The Morgan fingerprint density at radius 1 is 1.33 bits per heavy atom. The minimum Gasteiger partial charge on any atom is -0.342 e. The Morgan fingerprint density at radius 2 is 2.00 bits per heavy atom. The second-order valence-electron chi connectivity index (χ2n) is 5.88. The Balaban J connectivity index is 2.03. The summed E-state index contributed by atoms with van der Waals surface area (Å²) >= 11 is 0. The van der Waals surface area contributed by atoms with Gasteiger partial charge in [0.1, 0.15) is 0 Å². The number of carbonyl (C=O) groups is 1. The van der Waals surface area contributed by atoms with Crippen molar-refractivity contribution >= 4 is 5.91 Å². The van der Waals surface area contributed by atoms with Gasteiger partial charge in [-0.2, -0.15) is 0 Å². The summed E-state index contributed by atoms with van der Waals surface area (Å²) in [5.41, 5.74) is 1.15. The summed E-state index contributed by atoms with van der Waals surface area (Å²) < 4.78 is 0. The molecular weight excluding hydrogens is 222 g/mol. The highest BCUT2D eigenvalue weighted by molar-refractivity contribution is 5.82. The lowest BCUT2D eigenvalue weighted by molar-refractivity contribution is -0.139. The fraction of sp³-hybridized carbons (Fsp3) is 0.562. The van der Waals surface area contributed by atoms with Crippen LogP contribution in [0.15, 0.2) is 30.3 Å². The largest absolute Gasteiger partial charge is 0.342 e. The Morgan fingerprint density at radius 3 is 2.61 bits per heavy atom. The summed E-state index contributed by atoms with van der Waals surface area (Å²) in [7, 11) is 0. The van der Waals surface area contributed by atoms with Crippen molar-refractivity contribution in [1.29, 1.82) is 0 Å². The van der Waals surface area contributed by atoms with Crippen LogP contribution in [0.2, 0.25) is 0 Å². The number of likely N-dealkylation sites (tertiary alicyclic amines) is 1. The van der Waals surface area contributed by atoms with E-state index in [9.17, 15) is 4.79 Å². The normalized spacial score (nSPS) is 20.2. The molecule has 2 heteroatoms. The standard InChI is InChI=1S/C16H23NO/c1-4-16(2,3)15(18)17-11-10-14(12-17)13-8-6-5-7-9-13/h5-9,14H,4,10-12H2,1-3H3. The monoisotopic (exact) mass is 245 g/mol. The van der Waals surface area contributed by atoms with E-state index in [1.807, 2.05) is 24.8 Å². The fourth-order valence-electron chi connectivity index (χ4n) is 2.52. The first-order chi connectivity index (χ1) is 8.54. The molecule has 1 aromatic carbocycles. The summed E-state index contributed by atoms with van der Waals surface area (Å²) in [5, 5.41) is 0. The van der Waals surface area contributed by atoms with E-state index in [2.05, 4.69) is 31.2 Å². The van der Waals surface area contributed by atoms with Crippen LogP contribution >= 0.6 is 0 Å². The van der Waals surface area contributed by atoms with Gasteiger partial charge in [0, 0.05) is 24.4 Å². The second-order valence-corrected chi connectivity index (χ2v) is 5.88. The molecule has 0 radical (unpaired) electrons. The Bertz CT molecular complexity index is 410. The Labute approximate surface area is 110 Å². The van der Waals surface area contributed by atoms with Crippen molar-refractivity contribution < 1.29 is 4.79 Å². The molecule has 0 aliphatic carbocycles. The third-order valence-electron chi connectivity index (χ3n) is 4.21. The van der Waals surface area contributed by atoms with E-state index in [0.29, 0.717) is 11.8 Å². The van der Waals surface area contributed by atoms with Crippen molar-refractivity contribution in [2.24, 2.45) is 5.41 Å². The van der Waals surface area contributed by atoms with Gasteiger partial charge in [-0.1, -0.05) is 51.1 Å². The molecule has 0 saturated carbocycles. The van der Waals surface area contributed by atoms with Gasteiger partial charge >= 0.3 is 0 Å². The fourth-order valence-corrected chi connectivity index (χ4v) is 2.52. The van der Waals surface area contributed by atoms with Crippen LogP contribution in [0.5, 0.6) is 0 Å². The first kappa shape index (κ1) is 13.1. The first-order valence-corrected chi connectivity index (χ1v) is 6.89. The van der Waals surface area contributed by atoms with E-state index >= 15 is 0 Å². The summed E-state index contributed by atoms with van der Waals surface area (Å²) in [5.74, 6) is 0.825. The smallest absolute Gasteiger partial charge is 0.228 e. The van der Waals surface area contributed by atoms with E-state index in [1.165, 1.54) is 5.56 Å². The van der Waals surface area contributed by atoms with Crippen molar-refractivity contribution in [3.05, 3.63) is 35.9 Å². The number of carbonyl (C=O) groups excluding carboxylic acids is 1. The molecule has 1 unspecified atom stereocenters. The molecule has 0 bridgehead atoms. The first-order valence-electron chi connectivity index (χ1n) is 6.89. The quantitative estimate of drug-likeness (QED) is 0.799. The third-order valence-corrected chi connectivity index (χ3v) is 4.21. The Hall–Kier alpha value is -1.31. The maximum Gasteiger partial charge on any atom is 0.228 e. The molecule has 0 N–H and O–H groups in total. The number of hydrogen-bond acceptors (Lipinski definition) is 1. The van der Waals surface area contributed by atoms with Gasteiger partial charge in [0.05, 0.1) is 0 Å². The highest BCUT2D eigenvalue weighted by Crippen LogP contribution is 2.31. The number of hydrogen-bond donors (Lipinski definition) is 0. The molecule has 1 heterocycles. The van der Waals surface area contributed by atoms with E-state index < -0.39 is 0 Å². The van der Waals surface area contributed by atoms with Crippen LogP contribution in [0, 0.1) is 5.41 Å². The van der Waals surface area contributed by atoms with E-state index in [0.717, 1.165) is 25.9 Å². The highest BCUT2D eigenvalue weighted by Gasteiger charge is 2.34. The summed E-state index contributed by atoms with van der Waals surface area (Å²) in [4.78, 5) is 14.4. The van der Waals surface area contributed by atoms with Crippen molar-refractivity contribution in [2.45, 2.75) is 39.5 Å². The van der Waals surface area contributed by atoms with Crippen LogP contribution in [0.25, 0.3) is 0 Å². The van der Waals surface area contributed by atoms with Gasteiger partial charge in [0.2, 0.25) is 5.91 Å². The number of rotatable bonds is 3. The number of benzene rings is 1. The molecule has 1 saturated heterocycles. The molecule has 1 fully saturated rings. The predicted molar refractivity (Wildman–Crippen MR) is 74.5 cm³/mol.